The second-order valence-electron chi connectivity index (χ2n) is 1.03. The number of rotatable bonds is 0. The average molecular weight is 434 g/mol. The minimum atomic E-state index is -4.64. The first-order valence-electron chi connectivity index (χ1n) is 1.57. The molecule has 0 aromatic heterocycles. The normalized spacial score (nSPS) is 8.43. The van der Waals surface area contributed by atoms with Crippen LogP contribution in [-0.2, 0) is 67.6 Å². The van der Waals surface area contributed by atoms with Crippen molar-refractivity contribution in [1.82, 2.24) is 0 Å². The number of phosphoric acid groups is 2. The number of hydrogen-bond acceptors (Lipinski definition) is 2. The molecule has 0 amide bonds. The van der Waals surface area contributed by atoms with Crippen LogP contribution in [0.5, 0.6) is 0 Å². The van der Waals surface area contributed by atoms with Crippen molar-refractivity contribution in [3.8, 4) is 0 Å². The van der Waals surface area contributed by atoms with Crippen molar-refractivity contribution < 1.29 is 96.9 Å². The van der Waals surface area contributed by atoms with E-state index in [9.17, 15) is 0 Å². The van der Waals surface area contributed by atoms with E-state index in [-0.39, 0.29) is 96.2 Å². The molecular weight excluding hydrogens is 426 g/mol. The molecule has 0 radical (unpaired) electrons. The quantitative estimate of drug-likeness (QED) is 0.177. The molecule has 0 spiro atoms. The van der Waals surface area contributed by atoms with E-state index in [1.54, 1.807) is 0 Å². The van der Waals surface area contributed by atoms with Crippen molar-refractivity contribution in [3.05, 3.63) is 0 Å². The smallest absolute Gasteiger partial charge is 0 e. The SMILES string of the molecule is O=P(O)(O)O.O=P(O)(O)O.[CaH2].[Zn].[Zn].[Zn]. The van der Waals surface area contributed by atoms with Gasteiger partial charge in [-0.3, -0.25) is 0 Å². The molecule has 0 fully saturated rings. The van der Waals surface area contributed by atoms with Crippen LogP contribution in [0.15, 0.2) is 0 Å². The van der Waals surface area contributed by atoms with Crippen molar-refractivity contribution in [3.63, 3.8) is 0 Å². The molecule has 0 unspecified atom stereocenters. The van der Waals surface area contributed by atoms with Crippen LogP contribution in [0.3, 0.4) is 0 Å². The van der Waals surface area contributed by atoms with Gasteiger partial charge in [0.2, 0.25) is 0 Å². The predicted octanol–water partition coefficient (Wildman–Crippen LogP) is -2.78. The Hall–Kier alpha value is 3.35. The molecule has 0 saturated heterocycles. The summed E-state index contributed by atoms with van der Waals surface area (Å²) in [6.45, 7) is 0. The summed E-state index contributed by atoms with van der Waals surface area (Å²) in [6.07, 6.45) is 0. The van der Waals surface area contributed by atoms with Gasteiger partial charge >= 0.3 is 53.4 Å². The third kappa shape index (κ3) is 282. The van der Waals surface area contributed by atoms with Crippen LogP contribution < -0.4 is 0 Å². The van der Waals surface area contributed by atoms with Crippen molar-refractivity contribution in [1.29, 1.82) is 0 Å². The van der Waals surface area contributed by atoms with Gasteiger partial charge in [0.05, 0.1) is 0 Å². The van der Waals surface area contributed by atoms with Crippen LogP contribution in [0.2, 0.25) is 0 Å². The predicted molar refractivity (Wildman–Crippen MR) is 37.1 cm³/mol. The van der Waals surface area contributed by atoms with Gasteiger partial charge in [0.15, 0.2) is 0 Å². The van der Waals surface area contributed by atoms with Crippen molar-refractivity contribution in [2.45, 2.75) is 0 Å². The fourth-order valence-electron chi connectivity index (χ4n) is 0. The molecule has 0 heterocycles. The fraction of sp³-hybridized carbons (Fsp3) is 0. The molecule has 74 valence electrons. The molecule has 0 aliphatic rings. The zero-order chi connectivity index (χ0) is 9.00. The first-order valence-corrected chi connectivity index (χ1v) is 4.70. The minimum Gasteiger partial charge on any atom is 0 e. The maximum atomic E-state index is 8.88. The average Bonchev–Trinajstić information content (AvgIpc) is 1.12. The summed E-state index contributed by atoms with van der Waals surface area (Å²) in [5, 5.41) is 0. The molecule has 8 nitrogen and oxygen atoms in total. The van der Waals surface area contributed by atoms with Gasteiger partial charge in [-0.25, -0.2) is 9.13 Å². The van der Waals surface area contributed by atoms with E-state index < -0.39 is 15.6 Å². The summed E-state index contributed by atoms with van der Waals surface area (Å²) in [5.41, 5.74) is 0. The maximum Gasteiger partial charge on any atom is 0 e. The van der Waals surface area contributed by atoms with Gasteiger partial charge < -0.3 is 29.4 Å². The molecule has 0 aliphatic heterocycles. The summed E-state index contributed by atoms with van der Waals surface area (Å²) < 4.78 is 17.8. The van der Waals surface area contributed by atoms with Gasteiger partial charge in [-0.1, -0.05) is 0 Å². The molecular formula is H8CaO8P2Zn3. The third-order valence-corrected chi connectivity index (χ3v) is 0. The van der Waals surface area contributed by atoms with Crippen LogP contribution in [0.25, 0.3) is 0 Å². The van der Waals surface area contributed by atoms with E-state index in [1.807, 2.05) is 0 Å². The van der Waals surface area contributed by atoms with Gasteiger partial charge in [0, 0.05) is 58.4 Å². The van der Waals surface area contributed by atoms with E-state index in [0.717, 1.165) is 0 Å². The Kier molecular flexibility index (Phi) is 42.0. The summed E-state index contributed by atoms with van der Waals surface area (Å²) in [4.78, 5) is 43.1. The van der Waals surface area contributed by atoms with Crippen LogP contribution >= 0.6 is 15.6 Å². The van der Waals surface area contributed by atoms with E-state index in [1.165, 1.54) is 0 Å². The molecule has 0 aliphatic carbocycles. The van der Waals surface area contributed by atoms with Crippen LogP contribution in [0.4, 0.5) is 0 Å². The van der Waals surface area contributed by atoms with Crippen molar-refractivity contribution in [2.24, 2.45) is 0 Å². The first-order chi connectivity index (χ1) is 4.00. The monoisotopic (exact) mass is 430 g/mol. The van der Waals surface area contributed by atoms with Crippen LogP contribution in [0.1, 0.15) is 0 Å². The Morgan fingerprint density at radius 3 is 0.571 bits per heavy atom. The minimum absolute atomic E-state index is 0. The summed E-state index contributed by atoms with van der Waals surface area (Å²) >= 11 is 0. The molecule has 0 saturated carbocycles. The fourth-order valence-corrected chi connectivity index (χ4v) is 0. The van der Waals surface area contributed by atoms with Gasteiger partial charge in [-0.2, -0.15) is 0 Å². The largest absolute Gasteiger partial charge is 0 e. The Balaban J connectivity index is -0.0000000178. The summed E-state index contributed by atoms with van der Waals surface area (Å²) in [6, 6.07) is 0. The van der Waals surface area contributed by atoms with E-state index in [2.05, 4.69) is 0 Å². The standard InChI is InChI=1S/Ca.2H3O4P.3Zn.2H/c;2*1-5(2,3)4;;;;;/h;2*(H3,1,2,3,4);;;;;. The zero-order valence-electron chi connectivity index (χ0n) is 6.52. The van der Waals surface area contributed by atoms with Crippen molar-refractivity contribution in [2.75, 3.05) is 0 Å². The van der Waals surface area contributed by atoms with Gasteiger partial charge in [0.1, 0.15) is 0 Å². The Morgan fingerprint density at radius 2 is 0.571 bits per heavy atom. The van der Waals surface area contributed by atoms with Crippen LogP contribution in [-0.4, -0.2) is 67.1 Å². The molecule has 14 heavy (non-hydrogen) atoms. The molecule has 0 rings (SSSR count). The van der Waals surface area contributed by atoms with E-state index in [0.29, 0.717) is 0 Å². The van der Waals surface area contributed by atoms with Gasteiger partial charge in [-0.15, -0.1) is 0 Å². The Labute approximate surface area is 148 Å². The summed E-state index contributed by atoms with van der Waals surface area (Å²) in [5.74, 6) is 0. The van der Waals surface area contributed by atoms with E-state index in [4.69, 9.17) is 38.5 Å². The first kappa shape index (κ1) is 36.0. The van der Waals surface area contributed by atoms with Gasteiger partial charge in [0.25, 0.3) is 0 Å². The second kappa shape index (κ2) is 16.3. The molecule has 0 aromatic carbocycles. The molecule has 0 aromatic rings. The number of hydrogen-bond donors (Lipinski definition) is 6. The van der Waals surface area contributed by atoms with Gasteiger partial charge in [-0.05, 0) is 0 Å². The summed E-state index contributed by atoms with van der Waals surface area (Å²) in [7, 11) is -9.28. The van der Waals surface area contributed by atoms with Crippen LogP contribution in [0, 0.1) is 0 Å². The Bertz CT molecular complexity index is 135. The van der Waals surface area contributed by atoms with Crippen molar-refractivity contribution >= 4 is 53.4 Å². The Morgan fingerprint density at radius 1 is 0.571 bits per heavy atom. The molecule has 0 atom stereocenters. The zero-order valence-corrected chi connectivity index (χ0v) is 17.2. The molecule has 6 N–H and O–H groups in total. The maximum absolute atomic E-state index is 8.88. The second-order valence-corrected chi connectivity index (χ2v) is 3.08. The molecule has 14 heteroatoms. The topological polar surface area (TPSA) is 156 Å². The van der Waals surface area contributed by atoms with E-state index >= 15 is 0 Å². The third-order valence-electron chi connectivity index (χ3n) is 0. The molecule has 0 bridgehead atoms.